The zero-order chi connectivity index (χ0) is 29.6. The molecule has 2 N–H and O–H groups in total. The Morgan fingerprint density at radius 1 is 0.615 bits per heavy atom. The number of phenols is 2. The standard InChI is InChI=1S/C32H51O5P.Ca/c1-29(2,3)23-15-20(16-24(27(23)33)30(4,5)6)13-22(19-38(35,36)37)14-21-17-25(31(7,8)9)28(34)26(18-21)32(10,11)12;/h15-18,22,33-34H,13-14,19H2,1-12H3,(H2,35,36,37);/q;+2/p-2. The molecule has 0 saturated heterocycles. The van der Waals surface area contributed by atoms with Crippen LogP contribution in [0.2, 0.25) is 0 Å². The zero-order valence-electron chi connectivity index (χ0n) is 26.3. The van der Waals surface area contributed by atoms with Crippen LogP contribution in [0.15, 0.2) is 24.3 Å². The zero-order valence-corrected chi connectivity index (χ0v) is 29.4. The molecule has 0 aliphatic heterocycles. The maximum atomic E-state index is 12.0. The van der Waals surface area contributed by atoms with Gasteiger partial charge in [0.2, 0.25) is 0 Å². The number of hydrogen-bond acceptors (Lipinski definition) is 5. The minimum Gasteiger partial charge on any atom is -0.811 e. The molecule has 5 nitrogen and oxygen atoms in total. The van der Waals surface area contributed by atoms with Crippen molar-refractivity contribution in [2.75, 3.05) is 6.16 Å². The van der Waals surface area contributed by atoms with Crippen LogP contribution in [0.3, 0.4) is 0 Å². The normalized spacial score (nSPS) is 13.5. The van der Waals surface area contributed by atoms with E-state index < -0.39 is 19.7 Å². The van der Waals surface area contributed by atoms with Gasteiger partial charge in [0.05, 0.1) is 0 Å². The average Bonchev–Trinajstić information content (AvgIpc) is 2.65. The van der Waals surface area contributed by atoms with Crippen LogP contribution in [0.4, 0.5) is 0 Å². The van der Waals surface area contributed by atoms with E-state index in [2.05, 4.69) is 0 Å². The Hall–Kier alpha value is -0.550. The Morgan fingerprint density at radius 2 is 0.846 bits per heavy atom. The first-order valence-corrected chi connectivity index (χ1v) is 15.3. The summed E-state index contributed by atoms with van der Waals surface area (Å²) in [6.07, 6.45) is 0.315. The van der Waals surface area contributed by atoms with E-state index in [1.807, 2.05) is 107 Å². The van der Waals surface area contributed by atoms with Gasteiger partial charge in [-0.05, 0) is 80.0 Å². The number of benzene rings is 2. The molecule has 0 unspecified atom stereocenters. The number of rotatable bonds is 6. The maximum Gasteiger partial charge on any atom is 2.00 e. The van der Waals surface area contributed by atoms with Crippen LogP contribution >= 0.6 is 7.60 Å². The molecule has 2 aromatic rings. The predicted octanol–water partition coefficient (Wildman–Crippen LogP) is 6.22. The summed E-state index contributed by atoms with van der Waals surface area (Å²) >= 11 is 0. The smallest absolute Gasteiger partial charge is 0.811 e. The van der Waals surface area contributed by atoms with Gasteiger partial charge in [-0.25, -0.2) is 0 Å². The fraction of sp³-hybridized carbons (Fsp3) is 0.625. The Bertz CT molecular complexity index is 1050. The van der Waals surface area contributed by atoms with Crippen LogP contribution in [-0.4, -0.2) is 54.1 Å². The Labute approximate surface area is 267 Å². The van der Waals surface area contributed by atoms with Crippen molar-refractivity contribution in [3.63, 3.8) is 0 Å². The molecule has 0 bridgehead atoms. The molecule has 0 amide bonds. The summed E-state index contributed by atoms with van der Waals surface area (Å²) in [7, 11) is -4.79. The first-order valence-electron chi connectivity index (χ1n) is 13.6. The SMILES string of the molecule is CC(C)(C)c1cc(CC(Cc2cc(C(C)(C)C)c(O)c(C(C)(C)C)c2)CP(=O)([O-])[O-])cc(C(C)(C)C)c1O.[Ca+2]. The molecule has 0 aliphatic rings. The molecule has 7 heteroatoms. The second-order valence-corrected chi connectivity index (χ2v) is 16.7. The Balaban J connectivity index is 0.00000760. The van der Waals surface area contributed by atoms with E-state index in [9.17, 15) is 24.6 Å². The van der Waals surface area contributed by atoms with Gasteiger partial charge in [0.15, 0.2) is 0 Å². The van der Waals surface area contributed by atoms with Crippen molar-refractivity contribution in [3.8, 4) is 11.5 Å². The van der Waals surface area contributed by atoms with E-state index in [0.717, 1.165) is 33.4 Å². The van der Waals surface area contributed by atoms with Crippen molar-refractivity contribution in [2.45, 2.75) is 118 Å². The van der Waals surface area contributed by atoms with Crippen molar-refractivity contribution in [2.24, 2.45) is 5.92 Å². The van der Waals surface area contributed by atoms with Gasteiger partial charge in [-0.15, -0.1) is 0 Å². The van der Waals surface area contributed by atoms with Crippen LogP contribution in [-0.2, 0) is 39.1 Å². The minimum atomic E-state index is -4.79. The first-order chi connectivity index (χ1) is 16.8. The van der Waals surface area contributed by atoms with Crippen LogP contribution < -0.4 is 9.79 Å². The first kappa shape index (κ1) is 36.5. The van der Waals surface area contributed by atoms with Crippen molar-refractivity contribution >= 4 is 45.3 Å². The van der Waals surface area contributed by atoms with Gasteiger partial charge in [-0.1, -0.05) is 115 Å². The van der Waals surface area contributed by atoms with Crippen LogP contribution in [0, 0.1) is 5.92 Å². The van der Waals surface area contributed by atoms with Crippen molar-refractivity contribution in [1.29, 1.82) is 0 Å². The fourth-order valence-corrected chi connectivity index (χ4v) is 5.99. The van der Waals surface area contributed by atoms with Crippen molar-refractivity contribution < 1.29 is 24.6 Å². The molecular formula is C32H49CaO5P. The quantitative estimate of drug-likeness (QED) is 0.310. The molecule has 0 aromatic heterocycles. The summed E-state index contributed by atoms with van der Waals surface area (Å²) in [6.45, 7) is 24.5. The molecule has 214 valence electrons. The predicted molar refractivity (Wildman–Crippen MR) is 160 cm³/mol. The molecule has 0 saturated carbocycles. The van der Waals surface area contributed by atoms with Gasteiger partial charge in [-0.3, -0.25) is 0 Å². The Morgan fingerprint density at radius 3 is 1.03 bits per heavy atom. The van der Waals surface area contributed by atoms with E-state index in [0.29, 0.717) is 12.8 Å². The topological polar surface area (TPSA) is 104 Å². The molecule has 0 atom stereocenters. The van der Waals surface area contributed by atoms with E-state index in [1.54, 1.807) is 0 Å². The molecule has 2 aromatic carbocycles. The van der Waals surface area contributed by atoms with Gasteiger partial charge in [-0.2, -0.15) is 0 Å². The second-order valence-electron chi connectivity index (χ2n) is 15.1. The van der Waals surface area contributed by atoms with Crippen molar-refractivity contribution in [1.82, 2.24) is 0 Å². The van der Waals surface area contributed by atoms with E-state index in [4.69, 9.17) is 0 Å². The Kier molecular flexibility index (Phi) is 11.6. The third kappa shape index (κ3) is 10.0. The van der Waals surface area contributed by atoms with Gasteiger partial charge in [0.25, 0.3) is 0 Å². The van der Waals surface area contributed by atoms with Gasteiger partial charge in [0, 0.05) is 0 Å². The third-order valence-electron chi connectivity index (χ3n) is 7.10. The van der Waals surface area contributed by atoms with Crippen LogP contribution in [0.1, 0.15) is 116 Å². The number of hydrogen-bond donors (Lipinski definition) is 2. The van der Waals surface area contributed by atoms with Crippen LogP contribution in [0.5, 0.6) is 11.5 Å². The maximum absolute atomic E-state index is 12.0. The summed E-state index contributed by atoms with van der Waals surface area (Å²) in [5.74, 6) is 0.0878. The summed E-state index contributed by atoms with van der Waals surface area (Å²) in [4.78, 5) is 24.1. The minimum absolute atomic E-state index is 0. The molecule has 0 heterocycles. The molecule has 39 heavy (non-hydrogen) atoms. The van der Waals surface area contributed by atoms with E-state index in [1.165, 1.54) is 0 Å². The molecule has 2 rings (SSSR count). The third-order valence-corrected chi connectivity index (χ3v) is 8.07. The summed E-state index contributed by atoms with van der Waals surface area (Å²) in [5.41, 5.74) is 3.76. The fourth-order valence-electron chi connectivity index (χ4n) is 5.10. The van der Waals surface area contributed by atoms with Gasteiger partial charge < -0.3 is 24.6 Å². The largest absolute Gasteiger partial charge is 2.00 e. The second kappa shape index (κ2) is 12.4. The summed E-state index contributed by atoms with van der Waals surface area (Å²) in [5, 5.41) is 22.2. The van der Waals surface area contributed by atoms with E-state index >= 15 is 0 Å². The van der Waals surface area contributed by atoms with Gasteiger partial charge >= 0.3 is 37.7 Å². The van der Waals surface area contributed by atoms with Crippen molar-refractivity contribution in [3.05, 3.63) is 57.6 Å². The average molecular weight is 585 g/mol. The number of phenolic OH excluding ortho intramolecular Hbond substituents is 2. The number of aromatic hydroxyl groups is 2. The molecular weight excluding hydrogens is 535 g/mol. The molecule has 0 aliphatic carbocycles. The summed E-state index contributed by atoms with van der Waals surface area (Å²) in [6, 6.07) is 7.82. The van der Waals surface area contributed by atoms with Crippen LogP contribution in [0.25, 0.3) is 0 Å². The monoisotopic (exact) mass is 584 g/mol. The van der Waals surface area contributed by atoms with E-state index in [-0.39, 0.29) is 70.9 Å². The molecule has 0 radical (unpaired) electrons. The summed E-state index contributed by atoms with van der Waals surface area (Å²) < 4.78 is 12.0. The molecule has 0 spiro atoms. The van der Waals surface area contributed by atoms with Gasteiger partial charge in [0.1, 0.15) is 11.5 Å². The molecule has 0 fully saturated rings.